The summed E-state index contributed by atoms with van der Waals surface area (Å²) in [5, 5.41) is 4.66. The molecular formula is C20H14Cl2N2O. The molecule has 1 heterocycles. The van der Waals surface area contributed by atoms with Gasteiger partial charge in [-0.2, -0.15) is 0 Å². The minimum absolute atomic E-state index is 0.0819. The number of halogens is 2. The van der Waals surface area contributed by atoms with Gasteiger partial charge in [0.1, 0.15) is 6.17 Å². The fourth-order valence-corrected chi connectivity index (χ4v) is 3.40. The normalized spacial score (nSPS) is 16.3. The average Bonchev–Trinajstić information content (AvgIpc) is 2.63. The molecule has 25 heavy (non-hydrogen) atoms. The summed E-state index contributed by atoms with van der Waals surface area (Å²) in [6.45, 7) is 0. The third-order valence-electron chi connectivity index (χ3n) is 4.23. The van der Waals surface area contributed by atoms with E-state index in [-0.39, 0.29) is 5.91 Å². The molecule has 0 aromatic heterocycles. The number of anilines is 2. The number of carbonyl (C=O) groups is 1. The summed E-state index contributed by atoms with van der Waals surface area (Å²) in [5.74, 6) is -0.0819. The second kappa shape index (κ2) is 6.43. The van der Waals surface area contributed by atoms with Crippen molar-refractivity contribution in [3.05, 3.63) is 94.0 Å². The quantitative estimate of drug-likeness (QED) is 0.623. The number of hydrogen-bond donors (Lipinski definition) is 1. The van der Waals surface area contributed by atoms with Crippen LogP contribution in [0, 0.1) is 0 Å². The maximum Gasteiger partial charge on any atom is 0.262 e. The zero-order valence-electron chi connectivity index (χ0n) is 13.1. The number of amides is 1. The Bertz CT molecular complexity index is 940. The molecule has 0 saturated heterocycles. The van der Waals surface area contributed by atoms with E-state index in [1.165, 1.54) is 0 Å². The molecule has 5 heteroatoms. The first-order valence-corrected chi connectivity index (χ1v) is 8.60. The lowest BCUT2D eigenvalue weighted by Gasteiger charge is -2.38. The van der Waals surface area contributed by atoms with Gasteiger partial charge in [-0.1, -0.05) is 53.5 Å². The van der Waals surface area contributed by atoms with Gasteiger partial charge < -0.3 is 5.32 Å². The molecule has 1 aliphatic rings. The second-order valence-corrected chi connectivity index (χ2v) is 6.61. The zero-order chi connectivity index (χ0) is 17.4. The van der Waals surface area contributed by atoms with Crippen LogP contribution in [0.1, 0.15) is 22.1 Å². The van der Waals surface area contributed by atoms with E-state index in [2.05, 4.69) is 5.32 Å². The summed E-state index contributed by atoms with van der Waals surface area (Å²) >= 11 is 12.4. The minimum Gasteiger partial charge on any atom is -0.360 e. The zero-order valence-corrected chi connectivity index (χ0v) is 14.6. The molecule has 1 amide bonds. The Kier molecular flexibility index (Phi) is 4.12. The average molecular weight is 369 g/mol. The Labute approximate surface area is 155 Å². The third-order valence-corrected chi connectivity index (χ3v) is 4.83. The van der Waals surface area contributed by atoms with E-state index in [9.17, 15) is 4.79 Å². The standard InChI is InChI=1S/C20H14Cl2N2O/c21-13-9-11-14(12-10-13)24-19(15-5-1-3-7-17(15)22)23-18-8-4-2-6-16(18)20(24)25/h1-12,19,23H/t19-/m0/s1. The molecule has 1 N–H and O–H groups in total. The third kappa shape index (κ3) is 2.86. The van der Waals surface area contributed by atoms with Crippen LogP contribution in [0.25, 0.3) is 0 Å². The van der Waals surface area contributed by atoms with Crippen molar-refractivity contribution in [2.24, 2.45) is 0 Å². The van der Waals surface area contributed by atoms with Gasteiger partial charge in [0.05, 0.1) is 5.56 Å². The lowest BCUT2D eigenvalue weighted by atomic mass is 10.0. The molecule has 0 aliphatic carbocycles. The van der Waals surface area contributed by atoms with Crippen molar-refractivity contribution in [2.75, 3.05) is 10.2 Å². The fraction of sp³-hybridized carbons (Fsp3) is 0.0500. The number of nitrogens with one attached hydrogen (secondary N) is 1. The van der Waals surface area contributed by atoms with E-state index >= 15 is 0 Å². The number of nitrogens with zero attached hydrogens (tertiary/aromatic N) is 1. The van der Waals surface area contributed by atoms with Crippen molar-refractivity contribution >= 4 is 40.5 Å². The lowest BCUT2D eigenvalue weighted by Crippen LogP contribution is -2.43. The van der Waals surface area contributed by atoms with Crippen molar-refractivity contribution in [1.29, 1.82) is 0 Å². The predicted octanol–water partition coefficient (Wildman–Crippen LogP) is 5.76. The summed E-state index contributed by atoms with van der Waals surface area (Å²) in [6, 6.07) is 22.2. The SMILES string of the molecule is O=C1c2ccccc2N[C@H](c2ccccc2Cl)N1c1ccc(Cl)cc1. The minimum atomic E-state index is -0.405. The van der Waals surface area contributed by atoms with Crippen molar-refractivity contribution in [2.45, 2.75) is 6.17 Å². The second-order valence-electron chi connectivity index (χ2n) is 5.77. The van der Waals surface area contributed by atoms with Crippen LogP contribution in [-0.4, -0.2) is 5.91 Å². The van der Waals surface area contributed by atoms with Crippen LogP contribution in [0.4, 0.5) is 11.4 Å². The molecule has 0 fully saturated rings. The van der Waals surface area contributed by atoms with E-state index in [0.717, 1.165) is 16.9 Å². The Morgan fingerprint density at radius 1 is 0.840 bits per heavy atom. The van der Waals surface area contributed by atoms with Crippen molar-refractivity contribution in [3.8, 4) is 0 Å². The number of para-hydroxylation sites is 1. The summed E-state index contributed by atoms with van der Waals surface area (Å²) in [6.07, 6.45) is -0.405. The number of hydrogen-bond acceptors (Lipinski definition) is 2. The molecular weight excluding hydrogens is 355 g/mol. The lowest BCUT2D eigenvalue weighted by molar-refractivity contribution is 0.0975. The first-order chi connectivity index (χ1) is 12.1. The van der Waals surface area contributed by atoms with E-state index < -0.39 is 6.17 Å². The van der Waals surface area contributed by atoms with Gasteiger partial charge in [0, 0.05) is 27.0 Å². The molecule has 0 bridgehead atoms. The molecule has 0 unspecified atom stereocenters. The van der Waals surface area contributed by atoms with E-state index in [1.54, 1.807) is 17.0 Å². The van der Waals surface area contributed by atoms with E-state index in [0.29, 0.717) is 15.6 Å². The molecule has 3 aromatic carbocycles. The van der Waals surface area contributed by atoms with Crippen molar-refractivity contribution in [1.82, 2.24) is 0 Å². The molecule has 4 rings (SSSR count). The fourth-order valence-electron chi connectivity index (χ4n) is 3.04. The van der Waals surface area contributed by atoms with Gasteiger partial charge in [0.15, 0.2) is 0 Å². The maximum absolute atomic E-state index is 13.2. The number of fused-ring (bicyclic) bond motifs is 1. The van der Waals surface area contributed by atoms with Crippen LogP contribution in [0.2, 0.25) is 10.0 Å². The first-order valence-electron chi connectivity index (χ1n) is 7.84. The van der Waals surface area contributed by atoms with Crippen molar-refractivity contribution in [3.63, 3.8) is 0 Å². The monoisotopic (exact) mass is 368 g/mol. The highest BCUT2D eigenvalue weighted by Crippen LogP contribution is 2.38. The van der Waals surface area contributed by atoms with Gasteiger partial charge in [-0.05, 0) is 42.5 Å². The first kappa shape index (κ1) is 16.0. The van der Waals surface area contributed by atoms with Gasteiger partial charge in [-0.3, -0.25) is 9.69 Å². The van der Waals surface area contributed by atoms with E-state index in [1.807, 2.05) is 60.7 Å². The van der Waals surface area contributed by atoms with Crippen LogP contribution in [0.5, 0.6) is 0 Å². The van der Waals surface area contributed by atoms with Gasteiger partial charge in [-0.15, -0.1) is 0 Å². The molecule has 3 aromatic rings. The number of carbonyl (C=O) groups excluding carboxylic acids is 1. The summed E-state index contributed by atoms with van der Waals surface area (Å²) < 4.78 is 0. The molecule has 0 radical (unpaired) electrons. The van der Waals surface area contributed by atoms with Crippen LogP contribution in [0.3, 0.4) is 0 Å². The van der Waals surface area contributed by atoms with E-state index in [4.69, 9.17) is 23.2 Å². The van der Waals surface area contributed by atoms with Crippen LogP contribution >= 0.6 is 23.2 Å². The van der Waals surface area contributed by atoms with Crippen LogP contribution in [-0.2, 0) is 0 Å². The Morgan fingerprint density at radius 3 is 2.28 bits per heavy atom. The molecule has 1 aliphatic heterocycles. The van der Waals surface area contributed by atoms with Gasteiger partial charge in [0.2, 0.25) is 0 Å². The van der Waals surface area contributed by atoms with Crippen molar-refractivity contribution < 1.29 is 4.79 Å². The Hall–Kier alpha value is -2.49. The van der Waals surface area contributed by atoms with Crippen LogP contribution in [0.15, 0.2) is 72.8 Å². The Morgan fingerprint density at radius 2 is 1.52 bits per heavy atom. The molecule has 3 nitrogen and oxygen atoms in total. The highest BCUT2D eigenvalue weighted by atomic mass is 35.5. The van der Waals surface area contributed by atoms with Gasteiger partial charge in [-0.25, -0.2) is 0 Å². The van der Waals surface area contributed by atoms with Gasteiger partial charge >= 0.3 is 0 Å². The molecule has 1 atom stereocenters. The molecule has 124 valence electrons. The molecule has 0 saturated carbocycles. The summed E-state index contributed by atoms with van der Waals surface area (Å²) in [4.78, 5) is 14.9. The largest absolute Gasteiger partial charge is 0.360 e. The number of benzene rings is 3. The Balaban J connectivity index is 1.89. The smallest absolute Gasteiger partial charge is 0.262 e. The van der Waals surface area contributed by atoms with Gasteiger partial charge in [0.25, 0.3) is 5.91 Å². The summed E-state index contributed by atoms with van der Waals surface area (Å²) in [5.41, 5.74) is 3.01. The van der Waals surface area contributed by atoms with Crippen LogP contribution < -0.4 is 10.2 Å². The number of rotatable bonds is 2. The molecule has 0 spiro atoms. The highest BCUT2D eigenvalue weighted by Gasteiger charge is 2.34. The summed E-state index contributed by atoms with van der Waals surface area (Å²) in [7, 11) is 0. The topological polar surface area (TPSA) is 32.3 Å². The maximum atomic E-state index is 13.2. The predicted molar refractivity (Wildman–Crippen MR) is 103 cm³/mol. The highest BCUT2D eigenvalue weighted by molar-refractivity contribution is 6.31.